The first-order valence-corrected chi connectivity index (χ1v) is 6.74. The number of hydrogen-bond acceptors (Lipinski definition) is 1. The minimum absolute atomic E-state index is 0.588. The number of benzene rings is 1. The van der Waals surface area contributed by atoms with Crippen molar-refractivity contribution in [2.45, 2.75) is 39.2 Å². The Hall–Kier alpha value is -1.08. The second kappa shape index (κ2) is 6.02. The summed E-state index contributed by atoms with van der Waals surface area (Å²) in [6, 6.07) is 9.54. The van der Waals surface area contributed by atoms with Crippen LogP contribution in [0.3, 0.4) is 0 Å². The van der Waals surface area contributed by atoms with Crippen molar-refractivity contribution < 1.29 is 0 Å². The van der Waals surface area contributed by atoms with E-state index in [2.05, 4.69) is 55.6 Å². The topological polar surface area (TPSA) is 12.0 Å². The van der Waals surface area contributed by atoms with Gasteiger partial charge in [0.2, 0.25) is 0 Å². The molecule has 0 radical (unpaired) electrons. The lowest BCUT2D eigenvalue weighted by atomic mass is 10.0. The standard InChI is InChI=1S/C16H23N/c1-13(2)12-15-7-5-14(6-8-15)9-10-16-4-3-11-17-16/h5-10,13,16-17H,3-4,11-12H2,1-2H3/b10-9+. The molecule has 2 rings (SSSR count). The van der Waals surface area contributed by atoms with Crippen LogP contribution < -0.4 is 5.32 Å². The molecular formula is C16H23N. The highest BCUT2D eigenvalue weighted by Crippen LogP contribution is 2.12. The van der Waals surface area contributed by atoms with E-state index >= 15 is 0 Å². The van der Waals surface area contributed by atoms with Crippen LogP contribution in [0.5, 0.6) is 0 Å². The molecule has 1 aromatic rings. The highest BCUT2D eigenvalue weighted by atomic mass is 14.9. The van der Waals surface area contributed by atoms with Crippen molar-refractivity contribution in [3.05, 3.63) is 41.5 Å². The second-order valence-electron chi connectivity index (χ2n) is 5.40. The Kier molecular flexibility index (Phi) is 4.38. The van der Waals surface area contributed by atoms with Crippen molar-refractivity contribution in [3.63, 3.8) is 0 Å². The van der Waals surface area contributed by atoms with Crippen molar-refractivity contribution >= 4 is 6.08 Å². The molecule has 1 heteroatoms. The van der Waals surface area contributed by atoms with Gasteiger partial charge in [-0.1, -0.05) is 50.3 Å². The smallest absolute Gasteiger partial charge is 0.0253 e. The molecule has 0 saturated carbocycles. The summed E-state index contributed by atoms with van der Waals surface area (Å²) in [5, 5.41) is 3.48. The SMILES string of the molecule is CC(C)Cc1ccc(/C=C/C2CCCN2)cc1. The summed E-state index contributed by atoms with van der Waals surface area (Å²) in [5.41, 5.74) is 2.75. The first kappa shape index (κ1) is 12.4. The average molecular weight is 229 g/mol. The molecule has 92 valence electrons. The Morgan fingerprint density at radius 2 is 2.06 bits per heavy atom. The minimum Gasteiger partial charge on any atom is -0.311 e. The summed E-state index contributed by atoms with van der Waals surface area (Å²) >= 11 is 0. The summed E-state index contributed by atoms with van der Waals surface area (Å²) in [4.78, 5) is 0. The largest absolute Gasteiger partial charge is 0.311 e. The predicted molar refractivity (Wildman–Crippen MR) is 75.0 cm³/mol. The third kappa shape index (κ3) is 4.01. The van der Waals surface area contributed by atoms with Crippen LogP contribution in [-0.2, 0) is 6.42 Å². The van der Waals surface area contributed by atoms with Crippen molar-refractivity contribution in [1.82, 2.24) is 5.32 Å². The molecule has 0 aliphatic carbocycles. The van der Waals surface area contributed by atoms with E-state index in [4.69, 9.17) is 0 Å². The zero-order chi connectivity index (χ0) is 12.1. The van der Waals surface area contributed by atoms with Gasteiger partial charge in [0, 0.05) is 6.04 Å². The molecule has 1 N–H and O–H groups in total. The van der Waals surface area contributed by atoms with Crippen LogP contribution in [0.15, 0.2) is 30.3 Å². The maximum Gasteiger partial charge on any atom is 0.0253 e. The van der Waals surface area contributed by atoms with Gasteiger partial charge in [0.15, 0.2) is 0 Å². The van der Waals surface area contributed by atoms with E-state index in [1.165, 1.54) is 36.9 Å². The third-order valence-corrected chi connectivity index (χ3v) is 3.24. The zero-order valence-corrected chi connectivity index (χ0v) is 10.9. The Balaban J connectivity index is 1.93. The molecule has 1 heterocycles. The van der Waals surface area contributed by atoms with Gasteiger partial charge in [-0.2, -0.15) is 0 Å². The van der Waals surface area contributed by atoms with Crippen LogP contribution in [0.2, 0.25) is 0 Å². The molecule has 1 aliphatic rings. The Bertz CT molecular complexity index is 356. The fraction of sp³-hybridized carbons (Fsp3) is 0.500. The molecule has 0 aromatic heterocycles. The van der Waals surface area contributed by atoms with E-state index in [1.54, 1.807) is 0 Å². The van der Waals surface area contributed by atoms with Gasteiger partial charge in [-0.3, -0.25) is 0 Å². The maximum atomic E-state index is 3.48. The van der Waals surface area contributed by atoms with Crippen LogP contribution in [0.25, 0.3) is 6.08 Å². The van der Waals surface area contributed by atoms with Gasteiger partial charge in [0.05, 0.1) is 0 Å². The van der Waals surface area contributed by atoms with Gasteiger partial charge < -0.3 is 5.32 Å². The van der Waals surface area contributed by atoms with Crippen LogP contribution in [-0.4, -0.2) is 12.6 Å². The summed E-state index contributed by atoms with van der Waals surface area (Å²) < 4.78 is 0. The second-order valence-corrected chi connectivity index (χ2v) is 5.40. The average Bonchev–Trinajstić information content (AvgIpc) is 2.80. The quantitative estimate of drug-likeness (QED) is 0.831. The molecule has 1 aromatic carbocycles. The number of nitrogens with one attached hydrogen (secondary N) is 1. The Morgan fingerprint density at radius 1 is 1.29 bits per heavy atom. The molecule has 1 aliphatic heterocycles. The molecule has 1 atom stereocenters. The molecule has 1 unspecified atom stereocenters. The summed E-state index contributed by atoms with van der Waals surface area (Å²) in [5.74, 6) is 0.735. The van der Waals surface area contributed by atoms with E-state index in [0.29, 0.717) is 6.04 Å². The number of rotatable bonds is 4. The molecule has 1 fully saturated rings. The lowest BCUT2D eigenvalue weighted by Crippen LogP contribution is -2.17. The predicted octanol–water partition coefficient (Wildman–Crippen LogP) is 3.65. The maximum absolute atomic E-state index is 3.48. The molecule has 17 heavy (non-hydrogen) atoms. The van der Waals surface area contributed by atoms with Crippen molar-refractivity contribution in [2.75, 3.05) is 6.54 Å². The van der Waals surface area contributed by atoms with E-state index in [-0.39, 0.29) is 0 Å². The zero-order valence-electron chi connectivity index (χ0n) is 10.9. The van der Waals surface area contributed by atoms with E-state index < -0.39 is 0 Å². The van der Waals surface area contributed by atoms with E-state index in [0.717, 1.165) is 5.92 Å². The van der Waals surface area contributed by atoms with Crippen LogP contribution in [0.4, 0.5) is 0 Å². The molecule has 0 spiro atoms. The summed E-state index contributed by atoms with van der Waals surface area (Å²) in [6.45, 7) is 5.70. The molecule has 0 bridgehead atoms. The Morgan fingerprint density at radius 3 is 2.65 bits per heavy atom. The molecular weight excluding hydrogens is 206 g/mol. The van der Waals surface area contributed by atoms with Crippen LogP contribution in [0.1, 0.15) is 37.8 Å². The highest BCUT2D eigenvalue weighted by molar-refractivity contribution is 5.50. The van der Waals surface area contributed by atoms with Crippen molar-refractivity contribution in [3.8, 4) is 0 Å². The van der Waals surface area contributed by atoms with Crippen LogP contribution >= 0.6 is 0 Å². The fourth-order valence-corrected chi connectivity index (χ4v) is 2.34. The molecule has 0 amide bonds. The van der Waals surface area contributed by atoms with Crippen molar-refractivity contribution in [2.24, 2.45) is 5.92 Å². The van der Waals surface area contributed by atoms with Gasteiger partial charge in [-0.25, -0.2) is 0 Å². The summed E-state index contributed by atoms with van der Waals surface area (Å²) in [7, 11) is 0. The number of hydrogen-bond donors (Lipinski definition) is 1. The van der Waals surface area contributed by atoms with E-state index in [1.807, 2.05) is 0 Å². The Labute approximate surface area is 105 Å². The van der Waals surface area contributed by atoms with Gasteiger partial charge in [0.25, 0.3) is 0 Å². The third-order valence-electron chi connectivity index (χ3n) is 3.24. The molecule has 1 saturated heterocycles. The summed E-state index contributed by atoms with van der Waals surface area (Å²) in [6.07, 6.45) is 8.30. The fourth-order valence-electron chi connectivity index (χ4n) is 2.34. The van der Waals surface area contributed by atoms with Gasteiger partial charge >= 0.3 is 0 Å². The lowest BCUT2D eigenvalue weighted by molar-refractivity contribution is 0.647. The lowest BCUT2D eigenvalue weighted by Gasteiger charge is -2.05. The highest BCUT2D eigenvalue weighted by Gasteiger charge is 2.09. The van der Waals surface area contributed by atoms with Gasteiger partial charge in [-0.05, 0) is 42.9 Å². The monoisotopic (exact) mass is 229 g/mol. The normalized spacial score (nSPS) is 20.5. The first-order valence-electron chi connectivity index (χ1n) is 6.74. The van der Waals surface area contributed by atoms with E-state index in [9.17, 15) is 0 Å². The van der Waals surface area contributed by atoms with Crippen molar-refractivity contribution in [1.29, 1.82) is 0 Å². The van der Waals surface area contributed by atoms with Gasteiger partial charge in [-0.15, -0.1) is 0 Å². The van der Waals surface area contributed by atoms with Gasteiger partial charge in [0.1, 0.15) is 0 Å². The molecule has 1 nitrogen and oxygen atoms in total. The van der Waals surface area contributed by atoms with Crippen LogP contribution in [0, 0.1) is 5.92 Å². The first-order chi connectivity index (χ1) is 8.24. The minimum atomic E-state index is 0.588.